The summed E-state index contributed by atoms with van der Waals surface area (Å²) in [6, 6.07) is 9.10. The third-order valence-electron chi connectivity index (χ3n) is 3.70. The van der Waals surface area contributed by atoms with Gasteiger partial charge in [0.2, 0.25) is 0 Å². The average Bonchev–Trinajstić information content (AvgIpc) is 2.38. The van der Waals surface area contributed by atoms with Gasteiger partial charge in [-0.1, -0.05) is 64.3 Å². The Bertz CT molecular complexity index is 326. The van der Waals surface area contributed by atoms with Crippen LogP contribution in [0, 0.1) is 5.92 Å². The molecule has 0 spiro atoms. The molecule has 0 saturated carbocycles. The Balaban J connectivity index is 2.79. The predicted molar refractivity (Wildman–Crippen MR) is 80.7 cm³/mol. The van der Waals surface area contributed by atoms with E-state index in [1.54, 1.807) is 0 Å². The van der Waals surface area contributed by atoms with Gasteiger partial charge in [-0.05, 0) is 36.3 Å². The number of hydrogen-bond acceptors (Lipinski definition) is 1. The molecule has 0 heterocycles. The third-order valence-corrected chi connectivity index (χ3v) is 3.70. The van der Waals surface area contributed by atoms with Gasteiger partial charge in [0.1, 0.15) is 0 Å². The highest BCUT2D eigenvalue weighted by atomic mass is 14.6. The van der Waals surface area contributed by atoms with Gasteiger partial charge in [-0.25, -0.2) is 0 Å². The molecular formula is C17H29N. The van der Waals surface area contributed by atoms with Crippen LogP contribution in [0.1, 0.15) is 70.0 Å². The summed E-state index contributed by atoms with van der Waals surface area (Å²) < 4.78 is 0. The second kappa shape index (κ2) is 8.31. The van der Waals surface area contributed by atoms with Crippen molar-refractivity contribution in [1.29, 1.82) is 0 Å². The van der Waals surface area contributed by atoms with Crippen molar-refractivity contribution < 1.29 is 0 Å². The average molecular weight is 247 g/mol. The van der Waals surface area contributed by atoms with Crippen molar-refractivity contribution in [3.8, 4) is 0 Å². The number of benzene rings is 1. The van der Waals surface area contributed by atoms with E-state index in [-0.39, 0.29) is 6.04 Å². The summed E-state index contributed by atoms with van der Waals surface area (Å²) in [5.74, 6) is 0.636. The van der Waals surface area contributed by atoms with Crippen molar-refractivity contribution in [1.82, 2.24) is 0 Å². The van der Waals surface area contributed by atoms with Crippen LogP contribution in [0.15, 0.2) is 24.3 Å². The summed E-state index contributed by atoms with van der Waals surface area (Å²) in [5.41, 5.74) is 9.23. The Labute approximate surface area is 113 Å². The molecule has 0 amide bonds. The largest absolute Gasteiger partial charge is 0.324 e. The maximum absolute atomic E-state index is 6.48. The van der Waals surface area contributed by atoms with Gasteiger partial charge in [0.25, 0.3) is 0 Å². The van der Waals surface area contributed by atoms with Crippen molar-refractivity contribution in [2.24, 2.45) is 11.7 Å². The maximum Gasteiger partial charge on any atom is 0.0323 e. The molecular weight excluding hydrogens is 218 g/mol. The van der Waals surface area contributed by atoms with E-state index in [1.807, 2.05) is 0 Å². The van der Waals surface area contributed by atoms with Gasteiger partial charge in [-0.15, -0.1) is 0 Å². The summed E-state index contributed by atoms with van der Waals surface area (Å²) in [4.78, 5) is 0. The fraction of sp³-hybridized carbons (Fsp3) is 0.647. The second-order valence-corrected chi connectivity index (χ2v) is 5.36. The normalized spacial score (nSPS) is 12.9. The predicted octanol–water partition coefficient (Wildman–Crippen LogP) is 4.86. The fourth-order valence-corrected chi connectivity index (χ4v) is 2.76. The number of aryl methyl sites for hydroxylation is 1. The van der Waals surface area contributed by atoms with Crippen LogP contribution in [-0.2, 0) is 6.42 Å². The van der Waals surface area contributed by atoms with Crippen molar-refractivity contribution >= 4 is 0 Å². The Kier molecular flexibility index (Phi) is 7.04. The van der Waals surface area contributed by atoms with E-state index in [0.717, 1.165) is 6.42 Å². The SMILES string of the molecule is CCCc1cccc(C(N)C(CCC)CCC)c1. The molecule has 0 aliphatic heterocycles. The van der Waals surface area contributed by atoms with E-state index in [2.05, 4.69) is 45.0 Å². The van der Waals surface area contributed by atoms with Crippen LogP contribution in [0.3, 0.4) is 0 Å². The number of nitrogens with two attached hydrogens (primary N) is 1. The van der Waals surface area contributed by atoms with Gasteiger partial charge in [-0.2, -0.15) is 0 Å². The first-order valence-electron chi connectivity index (χ1n) is 7.57. The Hall–Kier alpha value is -0.820. The van der Waals surface area contributed by atoms with Gasteiger partial charge in [0.15, 0.2) is 0 Å². The Morgan fingerprint density at radius 3 is 2.22 bits per heavy atom. The molecule has 1 aromatic rings. The fourth-order valence-electron chi connectivity index (χ4n) is 2.76. The van der Waals surface area contributed by atoms with Crippen LogP contribution in [0.5, 0.6) is 0 Å². The quantitative estimate of drug-likeness (QED) is 0.698. The Morgan fingerprint density at radius 2 is 1.67 bits per heavy atom. The molecule has 102 valence electrons. The second-order valence-electron chi connectivity index (χ2n) is 5.36. The molecule has 1 nitrogen and oxygen atoms in total. The number of rotatable bonds is 8. The zero-order valence-electron chi connectivity index (χ0n) is 12.3. The Morgan fingerprint density at radius 1 is 1.00 bits per heavy atom. The van der Waals surface area contributed by atoms with Crippen molar-refractivity contribution in [3.63, 3.8) is 0 Å². The van der Waals surface area contributed by atoms with E-state index >= 15 is 0 Å². The molecule has 1 atom stereocenters. The molecule has 0 aromatic heterocycles. The minimum Gasteiger partial charge on any atom is -0.324 e. The van der Waals surface area contributed by atoms with E-state index in [0.29, 0.717) is 5.92 Å². The van der Waals surface area contributed by atoms with Gasteiger partial charge < -0.3 is 5.73 Å². The molecule has 1 heteroatoms. The number of hydrogen-bond donors (Lipinski definition) is 1. The first kappa shape index (κ1) is 15.2. The lowest BCUT2D eigenvalue weighted by atomic mass is 9.86. The minimum atomic E-state index is 0.210. The molecule has 0 saturated heterocycles. The smallest absolute Gasteiger partial charge is 0.0323 e. The van der Waals surface area contributed by atoms with Crippen LogP contribution < -0.4 is 5.73 Å². The van der Waals surface area contributed by atoms with Crippen molar-refractivity contribution in [2.75, 3.05) is 0 Å². The lowest BCUT2D eigenvalue weighted by molar-refractivity contribution is 0.368. The molecule has 2 N–H and O–H groups in total. The first-order valence-corrected chi connectivity index (χ1v) is 7.57. The minimum absolute atomic E-state index is 0.210. The molecule has 1 rings (SSSR count). The van der Waals surface area contributed by atoms with E-state index in [9.17, 15) is 0 Å². The summed E-state index contributed by atoms with van der Waals surface area (Å²) in [6.45, 7) is 6.73. The van der Waals surface area contributed by atoms with E-state index in [1.165, 1.54) is 43.2 Å². The summed E-state index contributed by atoms with van der Waals surface area (Å²) in [6.07, 6.45) is 7.30. The monoisotopic (exact) mass is 247 g/mol. The highest BCUT2D eigenvalue weighted by molar-refractivity contribution is 5.26. The molecule has 1 aromatic carbocycles. The zero-order chi connectivity index (χ0) is 13.4. The van der Waals surface area contributed by atoms with Crippen molar-refractivity contribution in [2.45, 2.75) is 65.3 Å². The standard InChI is InChI=1S/C17H29N/c1-4-8-14-11-7-12-16(13-14)17(18)15(9-5-2)10-6-3/h7,11-13,15,17H,4-6,8-10,18H2,1-3H3. The topological polar surface area (TPSA) is 26.0 Å². The van der Waals surface area contributed by atoms with Crippen LogP contribution in [0.4, 0.5) is 0 Å². The van der Waals surface area contributed by atoms with E-state index in [4.69, 9.17) is 5.73 Å². The molecule has 18 heavy (non-hydrogen) atoms. The maximum atomic E-state index is 6.48. The van der Waals surface area contributed by atoms with Gasteiger partial charge in [0.05, 0.1) is 0 Å². The van der Waals surface area contributed by atoms with Crippen LogP contribution in [0.25, 0.3) is 0 Å². The zero-order valence-corrected chi connectivity index (χ0v) is 12.3. The van der Waals surface area contributed by atoms with Gasteiger partial charge >= 0.3 is 0 Å². The van der Waals surface area contributed by atoms with Crippen LogP contribution >= 0.6 is 0 Å². The van der Waals surface area contributed by atoms with Crippen LogP contribution in [-0.4, -0.2) is 0 Å². The summed E-state index contributed by atoms with van der Waals surface area (Å²) in [7, 11) is 0. The van der Waals surface area contributed by atoms with Gasteiger partial charge in [0, 0.05) is 6.04 Å². The first-order chi connectivity index (χ1) is 8.72. The molecule has 0 fully saturated rings. The molecule has 0 aliphatic rings. The third kappa shape index (κ3) is 4.45. The molecule has 1 unspecified atom stereocenters. The highest BCUT2D eigenvalue weighted by Crippen LogP contribution is 2.28. The van der Waals surface area contributed by atoms with Gasteiger partial charge in [-0.3, -0.25) is 0 Å². The summed E-state index contributed by atoms with van der Waals surface area (Å²) in [5, 5.41) is 0. The lowest BCUT2D eigenvalue weighted by Crippen LogP contribution is -2.21. The molecule has 0 bridgehead atoms. The highest BCUT2D eigenvalue weighted by Gasteiger charge is 2.18. The molecule has 0 aliphatic carbocycles. The van der Waals surface area contributed by atoms with Crippen molar-refractivity contribution in [3.05, 3.63) is 35.4 Å². The lowest BCUT2D eigenvalue weighted by Gasteiger charge is -2.24. The van der Waals surface area contributed by atoms with Crippen LogP contribution in [0.2, 0.25) is 0 Å². The summed E-state index contributed by atoms with van der Waals surface area (Å²) >= 11 is 0. The molecule has 0 radical (unpaired) electrons. The van der Waals surface area contributed by atoms with E-state index < -0.39 is 0 Å².